The van der Waals surface area contributed by atoms with Crippen molar-refractivity contribution >= 4 is 27.5 Å². The Bertz CT molecular complexity index is 628. The van der Waals surface area contributed by atoms with Gasteiger partial charge < -0.3 is 10.6 Å². The van der Waals surface area contributed by atoms with E-state index in [2.05, 4.69) is 31.5 Å². The molecule has 0 saturated heterocycles. The molecule has 5 heteroatoms. The topological polar surface area (TPSA) is 54.0 Å². The zero-order valence-corrected chi connectivity index (χ0v) is 13.6. The van der Waals surface area contributed by atoms with Gasteiger partial charge in [0.15, 0.2) is 0 Å². The largest absolute Gasteiger partial charge is 0.381 e. The van der Waals surface area contributed by atoms with Crippen LogP contribution < -0.4 is 10.6 Å². The average Bonchev–Trinajstić information content (AvgIpc) is 2.45. The monoisotopic (exact) mass is 347 g/mol. The lowest BCUT2D eigenvalue weighted by atomic mass is 10.1. The number of rotatable bonds is 5. The quantitative estimate of drug-likeness (QED) is 0.868. The number of pyridine rings is 1. The van der Waals surface area contributed by atoms with Crippen LogP contribution in [-0.2, 0) is 6.54 Å². The van der Waals surface area contributed by atoms with Crippen LogP contribution in [0.15, 0.2) is 47.2 Å². The van der Waals surface area contributed by atoms with E-state index in [4.69, 9.17) is 0 Å². The number of hydrogen-bond donors (Lipinski definition) is 2. The van der Waals surface area contributed by atoms with Crippen molar-refractivity contribution in [1.82, 2.24) is 10.3 Å². The normalized spacial score (nSPS) is 10.5. The van der Waals surface area contributed by atoms with E-state index in [1.54, 1.807) is 6.20 Å². The van der Waals surface area contributed by atoms with E-state index in [1.165, 1.54) is 0 Å². The zero-order chi connectivity index (χ0) is 15.2. The third-order valence-electron chi connectivity index (χ3n) is 2.80. The number of carbonyl (C=O) groups excluding carboxylic acids is 1. The highest BCUT2D eigenvalue weighted by Crippen LogP contribution is 2.14. The molecule has 0 fully saturated rings. The highest BCUT2D eigenvalue weighted by atomic mass is 79.9. The zero-order valence-electron chi connectivity index (χ0n) is 12.1. The van der Waals surface area contributed by atoms with Crippen molar-refractivity contribution in [1.29, 1.82) is 0 Å². The molecule has 2 N–H and O–H groups in total. The summed E-state index contributed by atoms with van der Waals surface area (Å²) in [7, 11) is 0. The predicted molar refractivity (Wildman–Crippen MR) is 88.3 cm³/mol. The fourth-order valence-corrected chi connectivity index (χ4v) is 2.28. The summed E-state index contributed by atoms with van der Waals surface area (Å²) in [5.74, 6) is -0.0576. The van der Waals surface area contributed by atoms with Crippen LogP contribution in [0.1, 0.15) is 29.8 Å². The van der Waals surface area contributed by atoms with Crippen molar-refractivity contribution in [3.05, 3.63) is 58.3 Å². The molecule has 1 aromatic heterocycles. The second-order valence-corrected chi connectivity index (χ2v) is 5.99. The van der Waals surface area contributed by atoms with Crippen molar-refractivity contribution in [2.24, 2.45) is 0 Å². The maximum absolute atomic E-state index is 12.0. The molecule has 2 aromatic rings. The average molecular weight is 348 g/mol. The first kappa shape index (κ1) is 15.5. The molecule has 0 aliphatic rings. The first-order valence-corrected chi connectivity index (χ1v) is 7.58. The van der Waals surface area contributed by atoms with Crippen molar-refractivity contribution in [2.45, 2.75) is 26.4 Å². The highest BCUT2D eigenvalue weighted by molar-refractivity contribution is 9.10. The number of nitrogens with one attached hydrogen (secondary N) is 2. The van der Waals surface area contributed by atoms with E-state index < -0.39 is 0 Å². The summed E-state index contributed by atoms with van der Waals surface area (Å²) in [6, 6.07) is 9.61. The van der Waals surface area contributed by atoms with Gasteiger partial charge in [-0.15, -0.1) is 0 Å². The van der Waals surface area contributed by atoms with Crippen LogP contribution in [-0.4, -0.2) is 16.9 Å². The van der Waals surface area contributed by atoms with Crippen LogP contribution in [0, 0.1) is 0 Å². The minimum atomic E-state index is -0.0576. The van der Waals surface area contributed by atoms with Gasteiger partial charge in [-0.25, -0.2) is 0 Å². The summed E-state index contributed by atoms with van der Waals surface area (Å²) >= 11 is 3.40. The maximum atomic E-state index is 12.0. The van der Waals surface area contributed by atoms with Gasteiger partial charge in [0.1, 0.15) is 0 Å². The van der Waals surface area contributed by atoms with Gasteiger partial charge in [-0.2, -0.15) is 0 Å². The van der Waals surface area contributed by atoms with E-state index in [9.17, 15) is 4.79 Å². The fraction of sp³-hybridized carbons (Fsp3) is 0.250. The predicted octanol–water partition coefficient (Wildman–Crippen LogP) is 3.59. The number of benzene rings is 1. The molecule has 110 valence electrons. The van der Waals surface area contributed by atoms with Gasteiger partial charge in [-0.05, 0) is 59.6 Å². The van der Waals surface area contributed by atoms with Gasteiger partial charge >= 0.3 is 0 Å². The summed E-state index contributed by atoms with van der Waals surface area (Å²) in [6.07, 6.45) is 3.56. The summed E-state index contributed by atoms with van der Waals surface area (Å²) in [5, 5.41) is 6.18. The van der Waals surface area contributed by atoms with Crippen LogP contribution in [0.2, 0.25) is 0 Å². The molecule has 1 aromatic carbocycles. The van der Waals surface area contributed by atoms with Crippen LogP contribution in [0.5, 0.6) is 0 Å². The molecule has 0 atom stereocenters. The number of amides is 1. The number of hydrogen-bond acceptors (Lipinski definition) is 3. The van der Waals surface area contributed by atoms with E-state index in [0.29, 0.717) is 12.1 Å². The van der Waals surface area contributed by atoms with Crippen molar-refractivity contribution in [3.8, 4) is 0 Å². The molecule has 21 heavy (non-hydrogen) atoms. The number of anilines is 1. The van der Waals surface area contributed by atoms with E-state index in [-0.39, 0.29) is 11.9 Å². The van der Waals surface area contributed by atoms with Crippen molar-refractivity contribution in [2.75, 3.05) is 5.32 Å². The highest BCUT2D eigenvalue weighted by Gasteiger charge is 2.07. The second-order valence-electron chi connectivity index (χ2n) is 5.07. The van der Waals surface area contributed by atoms with Gasteiger partial charge in [0.2, 0.25) is 0 Å². The summed E-state index contributed by atoms with van der Waals surface area (Å²) in [6.45, 7) is 4.54. The van der Waals surface area contributed by atoms with Crippen LogP contribution in [0.25, 0.3) is 0 Å². The molecule has 1 amide bonds. The molecule has 4 nitrogen and oxygen atoms in total. The van der Waals surface area contributed by atoms with Gasteiger partial charge in [0, 0.05) is 40.7 Å². The lowest BCUT2D eigenvalue weighted by Gasteiger charge is -2.11. The molecule has 0 bridgehead atoms. The Morgan fingerprint density at radius 3 is 2.81 bits per heavy atom. The van der Waals surface area contributed by atoms with Gasteiger partial charge in [-0.1, -0.05) is 6.07 Å². The lowest BCUT2D eigenvalue weighted by Crippen LogP contribution is -2.30. The lowest BCUT2D eigenvalue weighted by molar-refractivity contribution is 0.0943. The molecule has 0 saturated carbocycles. The summed E-state index contributed by atoms with van der Waals surface area (Å²) in [5.41, 5.74) is 2.63. The van der Waals surface area contributed by atoms with Crippen LogP contribution in [0.3, 0.4) is 0 Å². The Hall–Kier alpha value is -1.88. The third kappa shape index (κ3) is 4.86. The SMILES string of the molecule is CC(C)NC(=O)c1cccc(NCc2cncc(Br)c2)c1. The smallest absolute Gasteiger partial charge is 0.251 e. The van der Waals surface area contributed by atoms with Crippen LogP contribution in [0.4, 0.5) is 5.69 Å². The maximum Gasteiger partial charge on any atom is 0.251 e. The van der Waals surface area contributed by atoms with E-state index >= 15 is 0 Å². The fourth-order valence-electron chi connectivity index (χ4n) is 1.87. The van der Waals surface area contributed by atoms with Gasteiger partial charge in [0.25, 0.3) is 5.91 Å². The van der Waals surface area contributed by atoms with Crippen LogP contribution >= 0.6 is 15.9 Å². The molecule has 0 spiro atoms. The molecule has 0 unspecified atom stereocenters. The van der Waals surface area contributed by atoms with E-state index in [0.717, 1.165) is 15.7 Å². The third-order valence-corrected chi connectivity index (χ3v) is 3.24. The molecular weight excluding hydrogens is 330 g/mol. The van der Waals surface area contributed by atoms with Gasteiger partial charge in [0.05, 0.1) is 0 Å². The summed E-state index contributed by atoms with van der Waals surface area (Å²) < 4.78 is 0.951. The Morgan fingerprint density at radius 1 is 1.29 bits per heavy atom. The molecule has 0 aliphatic carbocycles. The van der Waals surface area contributed by atoms with E-state index in [1.807, 2.05) is 50.4 Å². The Labute approximate surface area is 133 Å². The standard InChI is InChI=1S/C16H18BrN3O/c1-11(2)20-16(21)13-4-3-5-15(7-13)19-9-12-6-14(17)10-18-8-12/h3-8,10-11,19H,9H2,1-2H3,(H,20,21). The van der Waals surface area contributed by atoms with Crippen molar-refractivity contribution < 1.29 is 4.79 Å². The second kappa shape index (κ2) is 7.22. The first-order chi connectivity index (χ1) is 10.0. The van der Waals surface area contributed by atoms with Gasteiger partial charge in [-0.3, -0.25) is 9.78 Å². The molecule has 2 rings (SSSR count). The molecule has 0 aliphatic heterocycles. The first-order valence-electron chi connectivity index (χ1n) is 6.79. The number of carbonyl (C=O) groups is 1. The minimum Gasteiger partial charge on any atom is -0.381 e. The minimum absolute atomic E-state index is 0.0576. The number of nitrogens with zero attached hydrogens (tertiary/aromatic N) is 1. The molecule has 1 heterocycles. The Morgan fingerprint density at radius 2 is 2.10 bits per heavy atom. The Kier molecular flexibility index (Phi) is 5.33. The number of aromatic nitrogens is 1. The molecule has 0 radical (unpaired) electrons. The molecular formula is C16H18BrN3O. The Balaban J connectivity index is 2.02. The summed E-state index contributed by atoms with van der Waals surface area (Å²) in [4.78, 5) is 16.1. The number of halogens is 1. The van der Waals surface area contributed by atoms with Crippen molar-refractivity contribution in [3.63, 3.8) is 0 Å².